The fraction of sp³-hybridized carbons (Fsp3) is 0.174. The predicted octanol–water partition coefficient (Wildman–Crippen LogP) is 6.55. The van der Waals surface area contributed by atoms with E-state index >= 15 is 0 Å². The lowest BCUT2D eigenvalue weighted by atomic mass is 10.1. The normalized spacial score (nSPS) is 11.8. The molecule has 0 radical (unpaired) electrons. The van der Waals surface area contributed by atoms with E-state index in [1.54, 1.807) is 19.1 Å². The van der Waals surface area contributed by atoms with Crippen molar-refractivity contribution >= 4 is 50.7 Å². The average molecular weight is 529 g/mol. The van der Waals surface area contributed by atoms with Gasteiger partial charge in [0.05, 0.1) is 26.9 Å². The first-order valence-corrected chi connectivity index (χ1v) is 13.0. The topological polar surface area (TPSA) is 66.5 Å². The highest BCUT2D eigenvalue weighted by Crippen LogP contribution is 2.34. The molecule has 3 aromatic rings. The predicted molar refractivity (Wildman–Crippen MR) is 129 cm³/mol. The van der Waals surface area contributed by atoms with Crippen LogP contribution in [0, 0.1) is 0 Å². The Kier molecular flexibility index (Phi) is 7.84. The molecular weight excluding hydrogens is 509 g/mol. The van der Waals surface area contributed by atoms with Crippen molar-refractivity contribution in [2.75, 3.05) is 22.4 Å². The number of hydrogen-bond acceptors (Lipinski definition) is 4. The summed E-state index contributed by atoms with van der Waals surface area (Å²) >= 11 is 7.43. The number of nitrogens with zero attached hydrogens (tertiary/aromatic N) is 1. The molecule has 0 aliphatic rings. The second-order valence-electron chi connectivity index (χ2n) is 7.04. The monoisotopic (exact) mass is 528 g/mol. The summed E-state index contributed by atoms with van der Waals surface area (Å²) in [6.07, 6.45) is -2.70. The quantitative estimate of drug-likeness (QED) is 0.353. The van der Waals surface area contributed by atoms with Crippen LogP contribution in [0.1, 0.15) is 22.8 Å². The maximum atomic E-state index is 13.1. The SMILES string of the molecule is CCN(c1ccc(C(=O)Nc2cc(C(F)(F)F)ccc2Cl)cc1)S(=O)(=O)c1ccc(SC)cc1. The number of thioether (sulfide) groups is 1. The van der Waals surface area contributed by atoms with Gasteiger partial charge in [-0.05, 0) is 79.9 Å². The maximum Gasteiger partial charge on any atom is 0.416 e. The maximum absolute atomic E-state index is 13.1. The molecule has 0 heterocycles. The molecule has 0 saturated carbocycles. The third-order valence-corrected chi connectivity index (χ3v) is 7.88. The summed E-state index contributed by atoms with van der Waals surface area (Å²) in [4.78, 5) is 13.6. The summed E-state index contributed by atoms with van der Waals surface area (Å²) in [5.74, 6) is -0.689. The van der Waals surface area contributed by atoms with Gasteiger partial charge in [0.15, 0.2) is 0 Å². The third kappa shape index (κ3) is 5.68. The Hall–Kier alpha value is -2.69. The molecule has 11 heteroatoms. The van der Waals surface area contributed by atoms with Crippen LogP contribution in [-0.4, -0.2) is 27.1 Å². The lowest BCUT2D eigenvalue weighted by Gasteiger charge is -2.23. The van der Waals surface area contributed by atoms with Crippen LogP contribution in [0.3, 0.4) is 0 Å². The van der Waals surface area contributed by atoms with Gasteiger partial charge in [-0.3, -0.25) is 9.10 Å². The fourth-order valence-corrected chi connectivity index (χ4v) is 5.18. The van der Waals surface area contributed by atoms with E-state index in [2.05, 4.69) is 5.32 Å². The van der Waals surface area contributed by atoms with E-state index in [1.807, 2.05) is 6.26 Å². The summed E-state index contributed by atoms with van der Waals surface area (Å²) in [6.45, 7) is 1.84. The van der Waals surface area contributed by atoms with Crippen LogP contribution in [0.2, 0.25) is 5.02 Å². The summed E-state index contributed by atoms with van der Waals surface area (Å²) in [5.41, 5.74) is -0.672. The Labute approximate surface area is 205 Å². The number of carbonyl (C=O) groups is 1. The van der Waals surface area contributed by atoms with Crippen molar-refractivity contribution in [1.82, 2.24) is 0 Å². The number of amides is 1. The Morgan fingerprint density at radius 3 is 2.18 bits per heavy atom. The Bertz CT molecular complexity index is 1280. The molecule has 0 aliphatic heterocycles. The third-order valence-electron chi connectivity index (χ3n) is 4.89. The highest BCUT2D eigenvalue weighted by Gasteiger charge is 2.31. The summed E-state index contributed by atoms with van der Waals surface area (Å²) in [7, 11) is -3.84. The lowest BCUT2D eigenvalue weighted by molar-refractivity contribution is -0.137. The molecule has 180 valence electrons. The summed E-state index contributed by atoms with van der Waals surface area (Å²) in [5, 5.41) is 2.32. The molecular formula is C23H20ClF3N2O3S2. The van der Waals surface area contributed by atoms with E-state index in [-0.39, 0.29) is 27.7 Å². The number of benzene rings is 3. The second-order valence-corrected chi connectivity index (χ2v) is 10.2. The smallest absolute Gasteiger partial charge is 0.321 e. The number of sulfonamides is 1. The van der Waals surface area contributed by atoms with Crippen LogP contribution >= 0.6 is 23.4 Å². The molecule has 0 fully saturated rings. The van der Waals surface area contributed by atoms with Gasteiger partial charge in [-0.25, -0.2) is 8.42 Å². The molecule has 0 spiro atoms. The van der Waals surface area contributed by atoms with Gasteiger partial charge in [0.2, 0.25) is 0 Å². The molecule has 0 atom stereocenters. The van der Waals surface area contributed by atoms with Gasteiger partial charge in [0, 0.05) is 17.0 Å². The molecule has 0 aromatic heterocycles. The molecule has 1 amide bonds. The standard InChI is InChI=1S/C23H20ClF3N2O3S2/c1-3-29(34(31,32)19-11-9-18(33-2)10-12-19)17-7-4-15(5-8-17)22(30)28-21-14-16(23(25,26)27)6-13-20(21)24/h4-14H,3H2,1-2H3,(H,28,30). The van der Waals surface area contributed by atoms with Gasteiger partial charge < -0.3 is 5.32 Å². The van der Waals surface area contributed by atoms with Gasteiger partial charge in [0.1, 0.15) is 0 Å². The summed E-state index contributed by atoms with van der Waals surface area (Å²) in [6, 6.07) is 14.8. The Balaban J connectivity index is 1.82. The van der Waals surface area contributed by atoms with Crippen molar-refractivity contribution in [3.05, 3.63) is 82.9 Å². The lowest BCUT2D eigenvalue weighted by Crippen LogP contribution is -2.30. The van der Waals surface area contributed by atoms with Crippen molar-refractivity contribution < 1.29 is 26.4 Å². The Morgan fingerprint density at radius 2 is 1.65 bits per heavy atom. The zero-order chi connectivity index (χ0) is 25.1. The Morgan fingerprint density at radius 1 is 1.03 bits per heavy atom. The van der Waals surface area contributed by atoms with Gasteiger partial charge in [-0.15, -0.1) is 11.8 Å². The minimum atomic E-state index is -4.59. The molecule has 34 heavy (non-hydrogen) atoms. The van der Waals surface area contributed by atoms with Gasteiger partial charge in [0.25, 0.3) is 15.9 Å². The van der Waals surface area contributed by atoms with Crippen LogP contribution in [0.5, 0.6) is 0 Å². The van der Waals surface area contributed by atoms with Gasteiger partial charge in [-0.2, -0.15) is 13.2 Å². The highest BCUT2D eigenvalue weighted by molar-refractivity contribution is 7.98. The van der Waals surface area contributed by atoms with E-state index < -0.39 is 27.7 Å². The summed E-state index contributed by atoms with van der Waals surface area (Å²) < 4.78 is 66.3. The minimum Gasteiger partial charge on any atom is -0.321 e. The van der Waals surface area contributed by atoms with E-state index in [1.165, 1.54) is 52.5 Å². The van der Waals surface area contributed by atoms with Crippen LogP contribution in [0.25, 0.3) is 0 Å². The van der Waals surface area contributed by atoms with Crippen molar-refractivity contribution in [3.63, 3.8) is 0 Å². The first kappa shape index (κ1) is 25.9. The van der Waals surface area contributed by atoms with Crippen molar-refractivity contribution in [2.24, 2.45) is 0 Å². The largest absolute Gasteiger partial charge is 0.416 e. The fourth-order valence-electron chi connectivity index (χ4n) is 3.14. The highest BCUT2D eigenvalue weighted by atomic mass is 35.5. The van der Waals surface area contributed by atoms with Gasteiger partial charge >= 0.3 is 6.18 Å². The van der Waals surface area contributed by atoms with E-state index in [0.717, 1.165) is 23.1 Å². The number of halogens is 4. The molecule has 3 aromatic carbocycles. The van der Waals surface area contributed by atoms with Crippen molar-refractivity contribution in [2.45, 2.75) is 22.9 Å². The number of alkyl halides is 3. The van der Waals surface area contributed by atoms with Crippen LogP contribution in [0.4, 0.5) is 24.5 Å². The van der Waals surface area contributed by atoms with Crippen molar-refractivity contribution in [3.8, 4) is 0 Å². The van der Waals surface area contributed by atoms with E-state index in [0.29, 0.717) is 5.69 Å². The van der Waals surface area contributed by atoms with Crippen LogP contribution in [-0.2, 0) is 16.2 Å². The number of anilines is 2. The van der Waals surface area contributed by atoms with Crippen LogP contribution in [0.15, 0.2) is 76.5 Å². The molecule has 0 saturated heterocycles. The zero-order valence-electron chi connectivity index (χ0n) is 18.1. The van der Waals surface area contributed by atoms with E-state index in [4.69, 9.17) is 11.6 Å². The van der Waals surface area contributed by atoms with E-state index in [9.17, 15) is 26.4 Å². The minimum absolute atomic E-state index is 0.0475. The first-order chi connectivity index (χ1) is 16.0. The molecule has 0 unspecified atom stereocenters. The molecule has 5 nitrogen and oxygen atoms in total. The second kappa shape index (κ2) is 10.3. The average Bonchev–Trinajstić information content (AvgIpc) is 2.80. The molecule has 0 aliphatic carbocycles. The number of carbonyl (C=O) groups excluding carboxylic acids is 1. The van der Waals surface area contributed by atoms with Gasteiger partial charge in [-0.1, -0.05) is 11.6 Å². The number of nitrogens with one attached hydrogen (secondary N) is 1. The van der Waals surface area contributed by atoms with Crippen molar-refractivity contribution in [1.29, 1.82) is 0 Å². The molecule has 3 rings (SSSR count). The zero-order valence-corrected chi connectivity index (χ0v) is 20.4. The molecule has 1 N–H and O–H groups in total. The first-order valence-electron chi connectivity index (χ1n) is 9.92. The molecule has 0 bridgehead atoms. The van der Waals surface area contributed by atoms with Crippen LogP contribution < -0.4 is 9.62 Å². The number of rotatable bonds is 7. The number of hydrogen-bond donors (Lipinski definition) is 1.